The maximum Gasteiger partial charge on any atom is 0.472 e. The zero-order valence-corrected chi connectivity index (χ0v) is 43.7. The third-order valence-electron chi connectivity index (χ3n) is 12.8. The number of carbonyl (C=O) groups is 1. The Morgan fingerprint density at radius 1 is 0.524 bits per heavy atom. The molecule has 376 valence electrons. The van der Waals surface area contributed by atoms with Crippen LogP contribution in [0.2, 0.25) is 0 Å². The lowest BCUT2D eigenvalue weighted by atomic mass is 10.0. The summed E-state index contributed by atoms with van der Waals surface area (Å²) in [6.45, 7) is 4.86. The number of phosphoric acid groups is 1. The number of quaternary nitrogens is 1. The van der Waals surface area contributed by atoms with E-state index in [0.717, 1.165) is 32.1 Å². The van der Waals surface area contributed by atoms with Gasteiger partial charge in [0.2, 0.25) is 5.91 Å². The quantitative estimate of drug-likeness (QED) is 0.0243. The standard InChI is InChI=1S/C54H109N2O6P/c1-6-8-10-12-14-16-18-20-22-24-26-27-28-29-30-32-34-36-38-40-42-44-46-48-54(58)55-52(51-62-63(59,60)61-50-49-56(3,4)5)53(57)47-45-43-41-39-37-35-33-31-25-23-21-19-17-15-13-11-9-7-2/h45,47,52-53,57H,6-44,46,48-51H2,1-5H3,(H-,55,58,59,60)/p+1/b47-45+. The third-order valence-corrected chi connectivity index (χ3v) is 13.7. The fourth-order valence-corrected chi connectivity index (χ4v) is 9.13. The van der Waals surface area contributed by atoms with Gasteiger partial charge in [0.1, 0.15) is 13.2 Å². The van der Waals surface area contributed by atoms with E-state index in [-0.39, 0.29) is 19.1 Å². The van der Waals surface area contributed by atoms with E-state index in [1.54, 1.807) is 6.08 Å². The molecule has 0 bridgehead atoms. The van der Waals surface area contributed by atoms with Gasteiger partial charge in [-0.3, -0.25) is 13.8 Å². The van der Waals surface area contributed by atoms with E-state index in [4.69, 9.17) is 9.05 Å². The van der Waals surface area contributed by atoms with Crippen molar-refractivity contribution in [2.24, 2.45) is 0 Å². The van der Waals surface area contributed by atoms with Crippen LogP contribution in [0, 0.1) is 0 Å². The summed E-state index contributed by atoms with van der Waals surface area (Å²) in [5.74, 6) is -0.170. The zero-order valence-electron chi connectivity index (χ0n) is 42.8. The molecule has 0 rings (SSSR count). The van der Waals surface area contributed by atoms with Gasteiger partial charge in [0.15, 0.2) is 0 Å². The van der Waals surface area contributed by atoms with Crippen LogP contribution in [0.4, 0.5) is 0 Å². The van der Waals surface area contributed by atoms with E-state index in [1.807, 2.05) is 27.2 Å². The van der Waals surface area contributed by atoms with E-state index in [0.29, 0.717) is 17.4 Å². The Labute approximate surface area is 392 Å². The Kier molecular flexibility index (Phi) is 45.8. The highest BCUT2D eigenvalue weighted by Crippen LogP contribution is 2.43. The first-order valence-electron chi connectivity index (χ1n) is 27.6. The summed E-state index contributed by atoms with van der Waals surface area (Å²) in [6, 6.07) is -0.841. The maximum absolute atomic E-state index is 13.0. The molecule has 0 aliphatic heterocycles. The minimum absolute atomic E-state index is 0.0651. The largest absolute Gasteiger partial charge is 0.472 e. The molecule has 0 aliphatic rings. The fraction of sp³-hybridized carbons (Fsp3) is 0.944. The number of allylic oxidation sites excluding steroid dienone is 1. The molecule has 1 amide bonds. The van der Waals surface area contributed by atoms with Gasteiger partial charge in [0, 0.05) is 6.42 Å². The van der Waals surface area contributed by atoms with Crippen molar-refractivity contribution in [2.45, 2.75) is 289 Å². The van der Waals surface area contributed by atoms with Crippen molar-refractivity contribution >= 4 is 13.7 Å². The second-order valence-electron chi connectivity index (χ2n) is 20.3. The lowest BCUT2D eigenvalue weighted by Crippen LogP contribution is -2.45. The Balaban J connectivity index is 4.20. The van der Waals surface area contributed by atoms with Gasteiger partial charge in [0.05, 0.1) is 39.9 Å². The van der Waals surface area contributed by atoms with Gasteiger partial charge >= 0.3 is 7.82 Å². The molecule has 0 fully saturated rings. The average molecular weight is 914 g/mol. The minimum atomic E-state index is -4.34. The van der Waals surface area contributed by atoms with Crippen molar-refractivity contribution in [3.63, 3.8) is 0 Å². The van der Waals surface area contributed by atoms with Crippen molar-refractivity contribution in [1.29, 1.82) is 0 Å². The van der Waals surface area contributed by atoms with Gasteiger partial charge in [-0.15, -0.1) is 0 Å². The molecule has 0 aliphatic carbocycles. The highest BCUT2D eigenvalue weighted by atomic mass is 31.2. The number of phosphoric ester groups is 1. The summed E-state index contributed by atoms with van der Waals surface area (Å²) >= 11 is 0. The SMILES string of the molecule is CCCCCCCCCCCCCCCCCC/C=C/C(O)C(COP(=O)(O)OCC[N+](C)(C)C)NC(=O)CCCCCCCCCCCCCCCCCCCCCCCCC. The van der Waals surface area contributed by atoms with E-state index < -0.39 is 20.0 Å². The first-order chi connectivity index (χ1) is 30.5. The number of nitrogens with one attached hydrogen (secondary N) is 1. The molecule has 0 aromatic carbocycles. The highest BCUT2D eigenvalue weighted by molar-refractivity contribution is 7.47. The lowest BCUT2D eigenvalue weighted by molar-refractivity contribution is -0.870. The molecule has 0 aromatic heterocycles. The van der Waals surface area contributed by atoms with Crippen LogP contribution in [-0.2, 0) is 18.4 Å². The molecule has 3 atom stereocenters. The topological polar surface area (TPSA) is 105 Å². The predicted octanol–water partition coefficient (Wildman–Crippen LogP) is 16.3. The summed E-state index contributed by atoms with van der Waals surface area (Å²) in [5, 5.41) is 13.9. The Hall–Kier alpha value is -0.760. The van der Waals surface area contributed by atoms with Crippen molar-refractivity contribution in [3.05, 3.63) is 12.2 Å². The van der Waals surface area contributed by atoms with Crippen LogP contribution in [0.15, 0.2) is 12.2 Å². The zero-order chi connectivity index (χ0) is 46.4. The van der Waals surface area contributed by atoms with Crippen molar-refractivity contribution in [3.8, 4) is 0 Å². The lowest BCUT2D eigenvalue weighted by Gasteiger charge is -2.25. The summed E-state index contributed by atoms with van der Waals surface area (Å²) < 4.78 is 23.7. The number of hydrogen-bond donors (Lipinski definition) is 3. The van der Waals surface area contributed by atoms with Crippen LogP contribution in [0.25, 0.3) is 0 Å². The number of aliphatic hydroxyl groups excluding tert-OH is 1. The van der Waals surface area contributed by atoms with E-state index >= 15 is 0 Å². The molecule has 0 heterocycles. The summed E-state index contributed by atoms with van der Waals surface area (Å²) in [4.78, 5) is 23.3. The van der Waals surface area contributed by atoms with E-state index in [1.165, 1.54) is 225 Å². The van der Waals surface area contributed by atoms with Gasteiger partial charge in [-0.25, -0.2) is 4.57 Å². The molecular weight excluding hydrogens is 804 g/mol. The Morgan fingerprint density at radius 3 is 1.17 bits per heavy atom. The molecule has 0 saturated heterocycles. The molecule has 63 heavy (non-hydrogen) atoms. The van der Waals surface area contributed by atoms with Crippen molar-refractivity contribution in [1.82, 2.24) is 5.32 Å². The fourth-order valence-electron chi connectivity index (χ4n) is 8.40. The maximum atomic E-state index is 13.0. The first-order valence-corrected chi connectivity index (χ1v) is 29.1. The molecule has 0 radical (unpaired) electrons. The second-order valence-corrected chi connectivity index (χ2v) is 21.8. The molecule has 8 nitrogen and oxygen atoms in total. The number of amides is 1. The molecule has 3 N–H and O–H groups in total. The van der Waals surface area contributed by atoms with Crippen molar-refractivity contribution < 1.29 is 32.9 Å². The predicted molar refractivity (Wildman–Crippen MR) is 272 cm³/mol. The average Bonchev–Trinajstić information content (AvgIpc) is 3.24. The molecule has 3 unspecified atom stereocenters. The molecule has 0 aromatic rings. The van der Waals surface area contributed by atoms with Gasteiger partial charge in [-0.05, 0) is 19.3 Å². The van der Waals surface area contributed by atoms with Crippen LogP contribution >= 0.6 is 7.82 Å². The molecule has 0 spiro atoms. The third kappa shape index (κ3) is 49.0. The van der Waals surface area contributed by atoms with Crippen LogP contribution < -0.4 is 5.32 Å². The van der Waals surface area contributed by atoms with Gasteiger partial charge < -0.3 is 19.8 Å². The summed E-state index contributed by atoms with van der Waals surface area (Å²) in [5.41, 5.74) is 0. The molecular formula is C54H110N2O6P+. The number of carbonyl (C=O) groups excluding carboxylic acids is 1. The number of hydrogen-bond acceptors (Lipinski definition) is 5. The van der Waals surface area contributed by atoms with E-state index in [2.05, 4.69) is 19.2 Å². The van der Waals surface area contributed by atoms with Crippen LogP contribution in [0.1, 0.15) is 277 Å². The highest BCUT2D eigenvalue weighted by Gasteiger charge is 2.27. The Morgan fingerprint density at radius 2 is 0.841 bits per heavy atom. The summed E-state index contributed by atoms with van der Waals surface area (Å²) in [7, 11) is 1.59. The van der Waals surface area contributed by atoms with Gasteiger partial charge in [-0.2, -0.15) is 0 Å². The minimum Gasteiger partial charge on any atom is -0.387 e. The number of rotatable bonds is 51. The van der Waals surface area contributed by atoms with Crippen LogP contribution in [0.3, 0.4) is 0 Å². The van der Waals surface area contributed by atoms with Crippen LogP contribution in [-0.4, -0.2) is 73.4 Å². The number of nitrogens with zero attached hydrogens (tertiary/aromatic N) is 1. The number of unbranched alkanes of at least 4 members (excludes halogenated alkanes) is 38. The van der Waals surface area contributed by atoms with E-state index in [9.17, 15) is 19.4 Å². The van der Waals surface area contributed by atoms with Crippen molar-refractivity contribution in [2.75, 3.05) is 40.9 Å². The Bertz CT molecular complexity index is 1040. The smallest absolute Gasteiger partial charge is 0.387 e. The summed E-state index contributed by atoms with van der Waals surface area (Å²) in [6.07, 6.45) is 55.8. The monoisotopic (exact) mass is 914 g/mol. The molecule has 9 heteroatoms. The van der Waals surface area contributed by atoms with Gasteiger partial charge in [0.25, 0.3) is 0 Å². The second kappa shape index (κ2) is 46.4. The number of aliphatic hydroxyl groups is 1. The number of likely N-dealkylation sites (N-methyl/N-ethyl adjacent to an activating group) is 1. The first kappa shape index (κ1) is 62.2. The normalized spacial score (nSPS) is 14.1. The van der Waals surface area contributed by atoms with Crippen LogP contribution in [0.5, 0.6) is 0 Å². The molecule has 0 saturated carbocycles. The van der Waals surface area contributed by atoms with Gasteiger partial charge in [-0.1, -0.05) is 264 Å².